The fraction of sp³-hybridized carbons (Fsp3) is 0.480. The summed E-state index contributed by atoms with van der Waals surface area (Å²) in [4.78, 5) is 26.1. The highest BCUT2D eigenvalue weighted by Gasteiger charge is 2.26. The summed E-state index contributed by atoms with van der Waals surface area (Å²) < 4.78 is 6.18. The molecular formula is C25H31N5O2. The highest BCUT2D eigenvalue weighted by atomic mass is 16.5. The zero-order valence-corrected chi connectivity index (χ0v) is 19.0. The maximum atomic E-state index is 13.2. The van der Waals surface area contributed by atoms with Gasteiger partial charge in [-0.2, -0.15) is 0 Å². The normalized spacial score (nSPS) is 17.0. The van der Waals surface area contributed by atoms with Crippen molar-refractivity contribution >= 4 is 16.9 Å². The molecule has 1 saturated heterocycles. The molecule has 7 heteroatoms. The third-order valence-electron chi connectivity index (χ3n) is 6.41. The van der Waals surface area contributed by atoms with E-state index in [1.165, 1.54) is 12.8 Å². The number of benzene rings is 1. The highest BCUT2D eigenvalue weighted by molar-refractivity contribution is 6.09. The van der Waals surface area contributed by atoms with Crippen LogP contribution >= 0.6 is 0 Å². The predicted octanol–water partition coefficient (Wildman–Crippen LogP) is 3.82. The van der Waals surface area contributed by atoms with Gasteiger partial charge in [0.1, 0.15) is 22.8 Å². The maximum Gasteiger partial charge on any atom is 0.255 e. The van der Waals surface area contributed by atoms with Gasteiger partial charge in [-0.05, 0) is 77.6 Å². The van der Waals surface area contributed by atoms with Gasteiger partial charge in [-0.3, -0.25) is 4.79 Å². The van der Waals surface area contributed by atoms with E-state index in [-0.39, 0.29) is 11.9 Å². The Morgan fingerprint density at radius 1 is 1.12 bits per heavy atom. The monoisotopic (exact) mass is 433 g/mol. The summed E-state index contributed by atoms with van der Waals surface area (Å²) in [6.45, 7) is 8.47. The molecule has 1 aromatic carbocycles. The lowest BCUT2D eigenvalue weighted by atomic mass is 10.0. The summed E-state index contributed by atoms with van der Waals surface area (Å²) in [5.41, 5.74) is 5.73. The van der Waals surface area contributed by atoms with E-state index >= 15 is 0 Å². The molecule has 32 heavy (non-hydrogen) atoms. The van der Waals surface area contributed by atoms with Crippen LogP contribution in [0.15, 0.2) is 18.2 Å². The van der Waals surface area contributed by atoms with Gasteiger partial charge in [0.15, 0.2) is 0 Å². The minimum Gasteiger partial charge on any atom is -0.493 e. The second-order valence-electron chi connectivity index (χ2n) is 9.22. The molecule has 3 aromatic rings. The van der Waals surface area contributed by atoms with Crippen LogP contribution in [-0.4, -0.2) is 46.6 Å². The predicted molar refractivity (Wildman–Crippen MR) is 125 cm³/mol. The van der Waals surface area contributed by atoms with Crippen LogP contribution < -0.4 is 15.4 Å². The molecule has 168 valence electrons. The van der Waals surface area contributed by atoms with Crippen molar-refractivity contribution in [3.05, 3.63) is 40.8 Å². The second-order valence-corrected chi connectivity index (χ2v) is 9.22. The number of hydrogen-bond acceptors (Lipinski definition) is 5. The van der Waals surface area contributed by atoms with E-state index in [0.717, 1.165) is 66.3 Å². The largest absolute Gasteiger partial charge is 0.493 e. The number of nitrogens with one attached hydrogen (secondary N) is 3. The van der Waals surface area contributed by atoms with E-state index in [1.807, 2.05) is 19.9 Å². The Kier molecular flexibility index (Phi) is 5.59. The first-order chi connectivity index (χ1) is 15.5. The Hall–Kier alpha value is -2.93. The molecule has 2 aromatic heterocycles. The number of H-pyrrole nitrogens is 1. The van der Waals surface area contributed by atoms with E-state index in [9.17, 15) is 4.79 Å². The van der Waals surface area contributed by atoms with E-state index in [0.29, 0.717) is 22.8 Å². The number of carbonyl (C=O) groups is 1. The van der Waals surface area contributed by atoms with Crippen molar-refractivity contribution < 1.29 is 9.53 Å². The van der Waals surface area contributed by atoms with Gasteiger partial charge in [0.2, 0.25) is 0 Å². The average Bonchev–Trinajstić information content (AvgIpc) is 3.54. The number of ether oxygens (including phenoxy) is 1. The number of nitrogens with zero attached hydrogens (tertiary/aromatic N) is 2. The molecule has 1 amide bonds. The number of amides is 1. The Balaban J connectivity index is 1.56. The molecule has 3 N–H and O–H groups in total. The maximum absolute atomic E-state index is 13.2. The molecule has 2 fully saturated rings. The van der Waals surface area contributed by atoms with Crippen LogP contribution in [0.25, 0.3) is 22.3 Å². The molecule has 5 rings (SSSR count). The van der Waals surface area contributed by atoms with Gasteiger partial charge in [-0.1, -0.05) is 11.6 Å². The van der Waals surface area contributed by atoms with Crippen LogP contribution in [0.1, 0.15) is 53.1 Å². The first-order valence-corrected chi connectivity index (χ1v) is 11.6. The van der Waals surface area contributed by atoms with Gasteiger partial charge in [0.25, 0.3) is 5.91 Å². The van der Waals surface area contributed by atoms with E-state index in [4.69, 9.17) is 9.72 Å². The Morgan fingerprint density at radius 3 is 2.66 bits per heavy atom. The molecule has 3 heterocycles. The quantitative estimate of drug-likeness (QED) is 0.550. The Bertz CT molecular complexity index is 1160. The van der Waals surface area contributed by atoms with Crippen molar-refractivity contribution in [2.75, 3.05) is 19.7 Å². The van der Waals surface area contributed by atoms with Crippen molar-refractivity contribution in [1.82, 2.24) is 25.6 Å². The number of hydrogen-bond donors (Lipinski definition) is 3. The molecule has 1 aliphatic heterocycles. The van der Waals surface area contributed by atoms with Gasteiger partial charge in [-0.25, -0.2) is 9.97 Å². The molecule has 2 aliphatic rings. The molecule has 0 bridgehead atoms. The van der Waals surface area contributed by atoms with Crippen molar-refractivity contribution in [2.24, 2.45) is 5.92 Å². The van der Waals surface area contributed by atoms with Gasteiger partial charge < -0.3 is 20.4 Å². The van der Waals surface area contributed by atoms with Crippen molar-refractivity contribution in [1.29, 1.82) is 0 Å². The third kappa shape index (κ3) is 4.21. The molecule has 0 atom stereocenters. The summed E-state index contributed by atoms with van der Waals surface area (Å²) in [5.74, 6) is 2.06. The van der Waals surface area contributed by atoms with Crippen LogP contribution in [0.3, 0.4) is 0 Å². The van der Waals surface area contributed by atoms with Gasteiger partial charge >= 0.3 is 0 Å². The molecular weight excluding hydrogens is 402 g/mol. The lowest BCUT2D eigenvalue weighted by Crippen LogP contribution is -2.42. The summed E-state index contributed by atoms with van der Waals surface area (Å²) in [6.07, 6.45) is 4.36. The van der Waals surface area contributed by atoms with Crippen LogP contribution in [-0.2, 0) is 0 Å². The lowest BCUT2D eigenvalue weighted by molar-refractivity contribution is 0.0930. The van der Waals surface area contributed by atoms with Gasteiger partial charge in [-0.15, -0.1) is 0 Å². The summed E-state index contributed by atoms with van der Waals surface area (Å²) in [5, 5.41) is 6.55. The Morgan fingerprint density at radius 2 is 1.91 bits per heavy atom. The van der Waals surface area contributed by atoms with Crippen molar-refractivity contribution in [3.63, 3.8) is 0 Å². The number of aryl methyl sites for hydroxylation is 3. The zero-order valence-electron chi connectivity index (χ0n) is 19.0. The molecule has 0 radical (unpaired) electrons. The highest BCUT2D eigenvalue weighted by Crippen LogP contribution is 2.37. The lowest BCUT2D eigenvalue weighted by Gasteiger charge is -2.23. The van der Waals surface area contributed by atoms with Crippen molar-refractivity contribution in [2.45, 2.75) is 52.5 Å². The number of piperidine rings is 1. The number of carbonyl (C=O) groups excluding carboxylic acids is 1. The number of aromatic nitrogens is 3. The summed E-state index contributed by atoms with van der Waals surface area (Å²) >= 11 is 0. The summed E-state index contributed by atoms with van der Waals surface area (Å²) in [6, 6.07) is 6.38. The summed E-state index contributed by atoms with van der Waals surface area (Å²) in [7, 11) is 0. The molecule has 0 spiro atoms. The molecule has 0 unspecified atom stereocenters. The van der Waals surface area contributed by atoms with Crippen molar-refractivity contribution in [3.8, 4) is 17.0 Å². The molecule has 1 aliphatic carbocycles. The van der Waals surface area contributed by atoms with E-state index < -0.39 is 0 Å². The van der Waals surface area contributed by atoms with E-state index in [1.54, 1.807) is 0 Å². The number of rotatable bonds is 6. The molecule has 7 nitrogen and oxygen atoms in total. The fourth-order valence-corrected chi connectivity index (χ4v) is 4.44. The fourth-order valence-electron chi connectivity index (χ4n) is 4.44. The topological polar surface area (TPSA) is 91.9 Å². The standard InChI is InChI=1S/C25H31N5O2/c1-14-4-7-20(32-13-17-5-6-17)19(12-14)22-24-23(29-16(3)28-22)21(15(2)27-24)25(31)30-18-8-10-26-11-9-18/h4,7,12,17-18,26-27H,5-6,8-11,13H2,1-3H3,(H,30,31). The minimum atomic E-state index is -0.0702. The smallest absolute Gasteiger partial charge is 0.255 e. The first kappa shape index (κ1) is 20.9. The van der Waals surface area contributed by atoms with E-state index in [2.05, 4.69) is 39.7 Å². The first-order valence-electron chi connectivity index (χ1n) is 11.6. The third-order valence-corrected chi connectivity index (χ3v) is 6.41. The minimum absolute atomic E-state index is 0.0702. The Labute approximate surface area is 188 Å². The van der Waals surface area contributed by atoms with Crippen LogP contribution in [0, 0.1) is 26.7 Å². The number of aromatic amines is 1. The molecule has 1 saturated carbocycles. The van der Waals surface area contributed by atoms with Crippen LogP contribution in [0.2, 0.25) is 0 Å². The zero-order chi connectivity index (χ0) is 22.2. The van der Waals surface area contributed by atoms with Gasteiger partial charge in [0.05, 0.1) is 17.7 Å². The van der Waals surface area contributed by atoms with Gasteiger partial charge in [0, 0.05) is 17.3 Å². The SMILES string of the molecule is Cc1ccc(OCC2CC2)c(-c2nc(C)nc3c(C(=O)NC4CCNCC4)c(C)[nH]c23)c1. The van der Waals surface area contributed by atoms with Crippen LogP contribution in [0.4, 0.5) is 0 Å². The van der Waals surface area contributed by atoms with Crippen LogP contribution in [0.5, 0.6) is 5.75 Å². The number of fused-ring (bicyclic) bond motifs is 1. The average molecular weight is 434 g/mol. The second kappa shape index (κ2) is 8.54.